The topological polar surface area (TPSA) is 48.5 Å². The monoisotopic (exact) mass is 426 g/mol. The largest absolute Gasteiger partial charge is 0.347 e. The summed E-state index contributed by atoms with van der Waals surface area (Å²) in [7, 11) is 2.16. The molecule has 0 aliphatic carbocycles. The molecule has 2 heterocycles. The second-order valence-electron chi connectivity index (χ2n) is 7.37. The fourth-order valence-electron chi connectivity index (χ4n) is 3.48. The van der Waals surface area contributed by atoms with Gasteiger partial charge in [-0.3, -0.25) is 9.69 Å². The number of thiazole rings is 1. The number of amides is 1. The number of para-hydroxylation sites is 1. The molecule has 152 valence electrons. The first-order valence-corrected chi connectivity index (χ1v) is 11.7. The minimum absolute atomic E-state index is 0.00285. The van der Waals surface area contributed by atoms with E-state index in [1.165, 1.54) is 11.8 Å². The lowest BCUT2D eigenvalue weighted by Gasteiger charge is -2.35. The summed E-state index contributed by atoms with van der Waals surface area (Å²) in [6.45, 7) is 5.06. The van der Waals surface area contributed by atoms with Gasteiger partial charge in [-0.15, -0.1) is 11.3 Å². The highest BCUT2D eigenvalue weighted by Gasteiger charge is 2.21. The van der Waals surface area contributed by atoms with Gasteiger partial charge in [-0.05, 0) is 24.7 Å². The molecule has 2 aromatic carbocycles. The molecule has 1 unspecified atom stereocenters. The van der Waals surface area contributed by atoms with Gasteiger partial charge in [-0.2, -0.15) is 0 Å². The molecule has 1 aromatic heterocycles. The number of nitrogens with zero attached hydrogens (tertiary/aromatic N) is 3. The summed E-state index contributed by atoms with van der Waals surface area (Å²) in [5, 5.41) is 3.26. The minimum atomic E-state index is 0.00285. The molecule has 1 atom stereocenters. The van der Waals surface area contributed by atoms with E-state index in [-0.39, 0.29) is 11.9 Å². The Morgan fingerprint density at radius 2 is 1.83 bits per heavy atom. The van der Waals surface area contributed by atoms with Crippen molar-refractivity contribution in [2.75, 3.05) is 45.5 Å². The van der Waals surface area contributed by atoms with E-state index < -0.39 is 0 Å². The molecule has 0 bridgehead atoms. The molecule has 5 nitrogen and oxygen atoms in total. The quantitative estimate of drug-likeness (QED) is 0.586. The molecule has 0 spiro atoms. The van der Waals surface area contributed by atoms with Crippen LogP contribution in [0.5, 0.6) is 0 Å². The van der Waals surface area contributed by atoms with Crippen LogP contribution in [0.1, 0.15) is 11.6 Å². The lowest BCUT2D eigenvalue weighted by atomic mass is 10.1. The molecule has 29 heavy (non-hydrogen) atoms. The van der Waals surface area contributed by atoms with E-state index in [9.17, 15) is 4.79 Å². The molecular formula is C22H26N4OS2. The van der Waals surface area contributed by atoms with Gasteiger partial charge in [0.25, 0.3) is 0 Å². The van der Waals surface area contributed by atoms with E-state index in [0.717, 1.165) is 52.8 Å². The Hall–Kier alpha value is -1.93. The van der Waals surface area contributed by atoms with Crippen molar-refractivity contribution in [1.29, 1.82) is 0 Å². The van der Waals surface area contributed by atoms with Gasteiger partial charge >= 0.3 is 0 Å². The number of fused-ring (bicyclic) bond motifs is 1. The molecule has 0 radical (unpaired) electrons. The van der Waals surface area contributed by atoms with Crippen LogP contribution in [0.2, 0.25) is 0 Å². The number of piperazine rings is 1. The highest BCUT2D eigenvalue weighted by molar-refractivity contribution is 8.01. The predicted octanol–water partition coefficient (Wildman–Crippen LogP) is 3.49. The Morgan fingerprint density at radius 1 is 1.10 bits per heavy atom. The molecule has 7 heteroatoms. The lowest BCUT2D eigenvalue weighted by Crippen LogP contribution is -2.48. The normalized spacial score (nSPS) is 16.7. The minimum Gasteiger partial charge on any atom is -0.347 e. The third-order valence-electron chi connectivity index (χ3n) is 5.17. The molecule has 1 aliphatic rings. The molecular weight excluding hydrogens is 400 g/mol. The van der Waals surface area contributed by atoms with Crippen molar-refractivity contribution < 1.29 is 4.79 Å². The maximum Gasteiger partial charge on any atom is 0.230 e. The first-order chi connectivity index (χ1) is 14.2. The van der Waals surface area contributed by atoms with Crippen LogP contribution in [0.3, 0.4) is 0 Å². The number of likely N-dealkylation sites (N-methyl/N-ethyl adjacent to an activating group) is 1. The molecule has 3 aromatic rings. The highest BCUT2D eigenvalue weighted by atomic mass is 32.2. The average Bonchev–Trinajstić information content (AvgIpc) is 3.17. The van der Waals surface area contributed by atoms with Crippen LogP contribution in [-0.2, 0) is 4.79 Å². The molecule has 4 rings (SSSR count). The summed E-state index contributed by atoms with van der Waals surface area (Å²) in [5.41, 5.74) is 2.16. The molecule has 1 amide bonds. The Kier molecular flexibility index (Phi) is 6.82. The number of aromatic nitrogens is 1. The average molecular weight is 427 g/mol. The van der Waals surface area contributed by atoms with Crippen molar-refractivity contribution in [2.45, 2.75) is 10.4 Å². The molecule has 0 saturated carbocycles. The zero-order chi connectivity index (χ0) is 20.1. The second kappa shape index (κ2) is 9.71. The fourth-order valence-corrected chi connectivity index (χ4v) is 5.36. The Bertz CT molecular complexity index is 905. The maximum atomic E-state index is 12.7. The van der Waals surface area contributed by atoms with E-state index in [1.807, 2.05) is 36.4 Å². The van der Waals surface area contributed by atoms with Crippen LogP contribution in [0.25, 0.3) is 10.2 Å². The van der Waals surface area contributed by atoms with Crippen molar-refractivity contribution in [3.05, 3.63) is 60.2 Å². The Morgan fingerprint density at radius 3 is 2.59 bits per heavy atom. The van der Waals surface area contributed by atoms with Crippen LogP contribution in [0.15, 0.2) is 58.9 Å². The number of benzene rings is 2. The number of hydrogen-bond acceptors (Lipinski definition) is 6. The van der Waals surface area contributed by atoms with Gasteiger partial charge in [0.2, 0.25) is 5.91 Å². The predicted molar refractivity (Wildman–Crippen MR) is 122 cm³/mol. The summed E-state index contributed by atoms with van der Waals surface area (Å²) < 4.78 is 2.10. The third kappa shape index (κ3) is 5.57. The maximum absolute atomic E-state index is 12.7. The second-order valence-corrected chi connectivity index (χ2v) is 9.62. The number of hydrogen-bond donors (Lipinski definition) is 1. The Balaban J connectivity index is 1.37. The smallest absolute Gasteiger partial charge is 0.230 e. The van der Waals surface area contributed by atoms with E-state index in [2.05, 4.69) is 45.3 Å². The number of carbonyl (C=O) groups excluding carboxylic acids is 1. The fraction of sp³-hybridized carbons (Fsp3) is 0.364. The summed E-state index contributed by atoms with van der Waals surface area (Å²) >= 11 is 3.16. The van der Waals surface area contributed by atoms with Gasteiger partial charge in [-0.25, -0.2) is 4.98 Å². The van der Waals surface area contributed by atoms with Crippen molar-refractivity contribution in [3.63, 3.8) is 0 Å². The van der Waals surface area contributed by atoms with E-state index in [1.54, 1.807) is 11.3 Å². The van der Waals surface area contributed by atoms with Crippen molar-refractivity contribution >= 4 is 39.2 Å². The number of rotatable bonds is 7. The molecule has 1 saturated heterocycles. The summed E-state index contributed by atoms with van der Waals surface area (Å²) in [4.78, 5) is 22.1. The van der Waals surface area contributed by atoms with Gasteiger partial charge in [0.15, 0.2) is 4.34 Å². The van der Waals surface area contributed by atoms with Gasteiger partial charge in [0.05, 0.1) is 22.0 Å². The highest BCUT2D eigenvalue weighted by Crippen LogP contribution is 2.29. The Labute approximate surface area is 180 Å². The first-order valence-electron chi connectivity index (χ1n) is 9.91. The van der Waals surface area contributed by atoms with Gasteiger partial charge in [0, 0.05) is 32.7 Å². The SMILES string of the molecule is CN1CCN(CC(NC(=O)CSc2nc3ccccc3s2)c2ccccc2)CC1. The van der Waals surface area contributed by atoms with Crippen LogP contribution >= 0.6 is 23.1 Å². The molecule has 1 N–H and O–H groups in total. The zero-order valence-electron chi connectivity index (χ0n) is 16.6. The lowest BCUT2D eigenvalue weighted by molar-refractivity contribution is -0.119. The summed E-state index contributed by atoms with van der Waals surface area (Å²) in [6, 6.07) is 18.4. The standard InChI is InChI=1S/C22H26N4OS2/c1-25-11-13-26(14-12-25)15-19(17-7-3-2-4-8-17)23-21(27)16-28-22-24-18-9-5-6-10-20(18)29-22/h2-10,19H,11-16H2,1H3,(H,23,27). The van der Waals surface area contributed by atoms with Crippen molar-refractivity contribution in [2.24, 2.45) is 0 Å². The molecule has 1 aliphatic heterocycles. The zero-order valence-corrected chi connectivity index (χ0v) is 18.2. The first kappa shape index (κ1) is 20.3. The van der Waals surface area contributed by atoms with E-state index in [0.29, 0.717) is 5.75 Å². The number of carbonyl (C=O) groups is 1. The van der Waals surface area contributed by atoms with Crippen molar-refractivity contribution in [3.8, 4) is 0 Å². The van der Waals surface area contributed by atoms with E-state index in [4.69, 9.17) is 0 Å². The van der Waals surface area contributed by atoms with Gasteiger partial charge in [0.1, 0.15) is 0 Å². The number of nitrogens with one attached hydrogen (secondary N) is 1. The summed E-state index contributed by atoms with van der Waals surface area (Å²) in [5.74, 6) is 0.434. The van der Waals surface area contributed by atoms with Crippen LogP contribution in [0.4, 0.5) is 0 Å². The molecule has 1 fully saturated rings. The van der Waals surface area contributed by atoms with E-state index >= 15 is 0 Å². The van der Waals surface area contributed by atoms with Crippen molar-refractivity contribution in [1.82, 2.24) is 20.1 Å². The van der Waals surface area contributed by atoms with Crippen LogP contribution in [0, 0.1) is 0 Å². The van der Waals surface area contributed by atoms with Gasteiger partial charge < -0.3 is 10.2 Å². The summed E-state index contributed by atoms with van der Waals surface area (Å²) in [6.07, 6.45) is 0. The number of thioether (sulfide) groups is 1. The third-order valence-corrected chi connectivity index (χ3v) is 7.35. The van der Waals surface area contributed by atoms with Crippen LogP contribution < -0.4 is 5.32 Å². The van der Waals surface area contributed by atoms with Crippen LogP contribution in [-0.4, -0.2) is 66.2 Å². The van der Waals surface area contributed by atoms with Gasteiger partial charge in [-0.1, -0.05) is 54.2 Å².